The van der Waals surface area contributed by atoms with Gasteiger partial charge >= 0.3 is 0 Å². The highest BCUT2D eigenvalue weighted by Crippen LogP contribution is 2.25. The van der Waals surface area contributed by atoms with Gasteiger partial charge in [-0.15, -0.1) is 0 Å². The fourth-order valence-electron chi connectivity index (χ4n) is 2.86. The van der Waals surface area contributed by atoms with E-state index in [1.807, 2.05) is 18.0 Å². The van der Waals surface area contributed by atoms with Crippen LogP contribution in [0.25, 0.3) is 0 Å². The van der Waals surface area contributed by atoms with Crippen LogP contribution in [-0.2, 0) is 23.0 Å². The van der Waals surface area contributed by atoms with Gasteiger partial charge < -0.3 is 15.0 Å². The number of ether oxygens (including phenoxy) is 1. The van der Waals surface area contributed by atoms with Crippen LogP contribution in [0.15, 0.2) is 24.7 Å². The van der Waals surface area contributed by atoms with Crippen LogP contribution in [0.1, 0.15) is 23.9 Å². The zero-order valence-electron chi connectivity index (χ0n) is 14.0. The first-order valence-corrected chi connectivity index (χ1v) is 8.04. The van der Waals surface area contributed by atoms with E-state index in [-0.39, 0.29) is 12.0 Å². The van der Waals surface area contributed by atoms with E-state index in [1.165, 1.54) is 0 Å². The average Bonchev–Trinajstić information content (AvgIpc) is 3.04. The van der Waals surface area contributed by atoms with Crippen molar-refractivity contribution >= 4 is 11.7 Å². The lowest BCUT2D eigenvalue weighted by Crippen LogP contribution is -2.42. The lowest BCUT2D eigenvalue weighted by Gasteiger charge is -2.33. The van der Waals surface area contributed by atoms with Gasteiger partial charge in [-0.1, -0.05) is 0 Å². The van der Waals surface area contributed by atoms with Crippen molar-refractivity contribution < 1.29 is 9.53 Å². The van der Waals surface area contributed by atoms with Crippen molar-refractivity contribution in [3.8, 4) is 0 Å². The molecule has 3 heterocycles. The summed E-state index contributed by atoms with van der Waals surface area (Å²) in [5, 5.41) is 7.15. The molecular formula is C16H22N6O2. The Morgan fingerprint density at radius 3 is 2.96 bits per heavy atom. The quantitative estimate of drug-likeness (QED) is 0.872. The molecule has 8 heteroatoms. The molecule has 0 unspecified atom stereocenters. The third-order valence-corrected chi connectivity index (χ3v) is 4.20. The molecule has 2 aromatic rings. The number of rotatable bonds is 5. The summed E-state index contributed by atoms with van der Waals surface area (Å²) in [4.78, 5) is 23.0. The average molecular weight is 330 g/mol. The second-order valence-electron chi connectivity index (χ2n) is 5.69. The van der Waals surface area contributed by atoms with Crippen LogP contribution in [0.3, 0.4) is 0 Å². The Balaban J connectivity index is 1.62. The second kappa shape index (κ2) is 7.39. The van der Waals surface area contributed by atoms with Crippen molar-refractivity contribution in [3.63, 3.8) is 0 Å². The van der Waals surface area contributed by atoms with E-state index in [4.69, 9.17) is 4.74 Å². The molecule has 1 amide bonds. The van der Waals surface area contributed by atoms with Crippen LogP contribution in [-0.4, -0.2) is 57.3 Å². The summed E-state index contributed by atoms with van der Waals surface area (Å²) in [6, 6.07) is 1.94. The zero-order chi connectivity index (χ0) is 16.9. The molecule has 2 aromatic heterocycles. The maximum Gasteiger partial charge on any atom is 0.223 e. The highest BCUT2D eigenvalue weighted by molar-refractivity contribution is 5.76. The van der Waals surface area contributed by atoms with E-state index < -0.39 is 0 Å². The van der Waals surface area contributed by atoms with E-state index in [2.05, 4.69) is 20.4 Å². The van der Waals surface area contributed by atoms with Crippen molar-refractivity contribution in [2.24, 2.45) is 7.05 Å². The molecule has 1 atom stereocenters. The molecule has 0 aromatic carbocycles. The smallest absolute Gasteiger partial charge is 0.223 e. The largest absolute Gasteiger partial charge is 0.372 e. The van der Waals surface area contributed by atoms with Crippen molar-refractivity contribution in [3.05, 3.63) is 36.0 Å². The summed E-state index contributed by atoms with van der Waals surface area (Å²) in [6.45, 7) is 1.61. The minimum Gasteiger partial charge on any atom is -0.372 e. The lowest BCUT2D eigenvalue weighted by atomic mass is 10.1. The molecule has 3 rings (SSSR count). The summed E-state index contributed by atoms with van der Waals surface area (Å²) >= 11 is 0. The van der Waals surface area contributed by atoms with Crippen LogP contribution >= 0.6 is 0 Å². The van der Waals surface area contributed by atoms with Crippen LogP contribution in [0, 0.1) is 0 Å². The molecule has 1 N–H and O–H groups in total. The van der Waals surface area contributed by atoms with Gasteiger partial charge in [-0.2, -0.15) is 5.10 Å². The van der Waals surface area contributed by atoms with Gasteiger partial charge in [0, 0.05) is 51.3 Å². The van der Waals surface area contributed by atoms with Gasteiger partial charge in [-0.25, -0.2) is 4.98 Å². The number of amides is 1. The second-order valence-corrected chi connectivity index (χ2v) is 5.69. The van der Waals surface area contributed by atoms with Gasteiger partial charge in [0.1, 0.15) is 17.6 Å². The van der Waals surface area contributed by atoms with Crippen LogP contribution in [0.4, 0.5) is 5.82 Å². The molecular weight excluding hydrogens is 308 g/mol. The van der Waals surface area contributed by atoms with Crippen molar-refractivity contribution in [1.29, 1.82) is 0 Å². The molecule has 0 saturated carbocycles. The summed E-state index contributed by atoms with van der Waals surface area (Å²) in [5.41, 5.74) is 1.80. The van der Waals surface area contributed by atoms with Crippen LogP contribution < -0.4 is 5.32 Å². The normalized spacial score (nSPS) is 17.8. The third-order valence-electron chi connectivity index (χ3n) is 4.20. The highest BCUT2D eigenvalue weighted by Gasteiger charge is 2.28. The van der Waals surface area contributed by atoms with E-state index >= 15 is 0 Å². The van der Waals surface area contributed by atoms with Gasteiger partial charge in [0.15, 0.2) is 0 Å². The number of carbonyl (C=O) groups excluding carboxylic acids is 1. The zero-order valence-corrected chi connectivity index (χ0v) is 14.0. The number of carbonyl (C=O) groups is 1. The number of aromatic nitrogens is 4. The molecule has 0 spiro atoms. The molecule has 24 heavy (non-hydrogen) atoms. The molecule has 0 radical (unpaired) electrons. The number of anilines is 1. The molecule has 1 saturated heterocycles. The first-order valence-electron chi connectivity index (χ1n) is 8.04. The minimum absolute atomic E-state index is 0.124. The Hall–Kier alpha value is -2.48. The number of nitrogens with zero attached hydrogens (tertiary/aromatic N) is 5. The summed E-state index contributed by atoms with van der Waals surface area (Å²) in [7, 11) is 3.69. The Morgan fingerprint density at radius 1 is 1.38 bits per heavy atom. The lowest BCUT2D eigenvalue weighted by molar-refractivity contribution is -0.139. The number of hydrogen-bond acceptors (Lipinski definition) is 6. The topological polar surface area (TPSA) is 85.2 Å². The van der Waals surface area contributed by atoms with Crippen molar-refractivity contribution in [1.82, 2.24) is 24.6 Å². The van der Waals surface area contributed by atoms with Gasteiger partial charge in [0.05, 0.1) is 13.2 Å². The van der Waals surface area contributed by atoms with Gasteiger partial charge in [0.25, 0.3) is 0 Å². The number of nitrogens with one attached hydrogen (secondary N) is 1. The highest BCUT2D eigenvalue weighted by atomic mass is 16.5. The molecule has 1 aliphatic rings. The molecule has 128 valence electrons. The fraction of sp³-hybridized carbons (Fsp3) is 0.500. The van der Waals surface area contributed by atoms with Gasteiger partial charge in [-0.05, 0) is 12.5 Å². The fourth-order valence-corrected chi connectivity index (χ4v) is 2.86. The Morgan fingerprint density at radius 2 is 2.21 bits per heavy atom. The van der Waals surface area contributed by atoms with E-state index in [1.54, 1.807) is 30.3 Å². The SMILES string of the molecule is CNc1nccnc1[C@H]1CN(C(=O)CCc2ccnn2C)CCO1. The molecule has 1 aliphatic heterocycles. The monoisotopic (exact) mass is 330 g/mol. The third kappa shape index (κ3) is 3.53. The Kier molecular flexibility index (Phi) is 5.05. The molecule has 1 fully saturated rings. The first kappa shape index (κ1) is 16.4. The molecule has 8 nitrogen and oxygen atoms in total. The number of aryl methyl sites for hydroxylation is 2. The molecule has 0 aliphatic carbocycles. The summed E-state index contributed by atoms with van der Waals surface area (Å²) < 4.78 is 7.61. The van der Waals surface area contributed by atoms with Gasteiger partial charge in [0.2, 0.25) is 5.91 Å². The van der Waals surface area contributed by atoms with Crippen molar-refractivity contribution in [2.45, 2.75) is 18.9 Å². The van der Waals surface area contributed by atoms with E-state index in [0.29, 0.717) is 38.4 Å². The van der Waals surface area contributed by atoms with Crippen LogP contribution in [0.2, 0.25) is 0 Å². The predicted octanol–water partition coefficient (Wildman–Crippen LogP) is 0.784. The van der Waals surface area contributed by atoms with E-state index in [9.17, 15) is 4.79 Å². The van der Waals surface area contributed by atoms with Gasteiger partial charge in [-0.3, -0.25) is 14.5 Å². The maximum absolute atomic E-state index is 12.5. The standard InChI is InChI=1S/C16H22N6O2/c1-17-16-15(18-7-8-19-16)13-11-22(9-10-24-13)14(23)4-3-12-5-6-20-21(12)2/h5-8,13H,3-4,9-11H2,1-2H3,(H,17,19)/t13-/m1/s1. The first-order chi connectivity index (χ1) is 11.7. The summed E-state index contributed by atoms with van der Waals surface area (Å²) in [5.74, 6) is 0.811. The van der Waals surface area contributed by atoms with Crippen molar-refractivity contribution in [2.75, 3.05) is 32.1 Å². The molecule has 0 bridgehead atoms. The minimum atomic E-state index is -0.254. The predicted molar refractivity (Wildman–Crippen MR) is 88.4 cm³/mol. The Labute approximate surface area is 140 Å². The number of morpholine rings is 1. The summed E-state index contributed by atoms with van der Waals surface area (Å²) in [6.07, 6.45) is 5.92. The van der Waals surface area contributed by atoms with Crippen LogP contribution in [0.5, 0.6) is 0 Å². The maximum atomic E-state index is 12.5. The van der Waals surface area contributed by atoms with E-state index in [0.717, 1.165) is 11.4 Å². The Bertz CT molecular complexity index is 701. The number of hydrogen-bond donors (Lipinski definition) is 1.